The first kappa shape index (κ1) is 13.1. The molecule has 0 bridgehead atoms. The Balaban J connectivity index is 1.94. The van der Waals surface area contributed by atoms with Crippen molar-refractivity contribution >= 4 is 0 Å². The predicted molar refractivity (Wildman–Crippen MR) is 75.1 cm³/mol. The molecule has 0 aromatic carbocycles. The van der Waals surface area contributed by atoms with Crippen molar-refractivity contribution in [1.29, 1.82) is 0 Å². The first-order chi connectivity index (χ1) is 8.19. The Morgan fingerprint density at radius 1 is 1.41 bits per heavy atom. The van der Waals surface area contributed by atoms with Crippen molar-refractivity contribution in [3.63, 3.8) is 0 Å². The summed E-state index contributed by atoms with van der Waals surface area (Å²) in [5, 5.41) is 3.71. The molecular weight excluding hydrogens is 206 g/mol. The monoisotopic (exact) mass is 235 g/mol. The van der Waals surface area contributed by atoms with Gasteiger partial charge in [-0.3, -0.25) is 0 Å². The van der Waals surface area contributed by atoms with Gasteiger partial charge in [0, 0.05) is 12.0 Å². The Morgan fingerprint density at radius 3 is 2.76 bits per heavy atom. The van der Waals surface area contributed by atoms with E-state index in [1.807, 2.05) is 0 Å². The van der Waals surface area contributed by atoms with Gasteiger partial charge in [0.15, 0.2) is 0 Å². The van der Waals surface area contributed by atoms with Crippen molar-refractivity contribution in [2.45, 2.75) is 59.3 Å². The molecule has 0 saturated heterocycles. The molecule has 17 heavy (non-hydrogen) atoms. The van der Waals surface area contributed by atoms with Gasteiger partial charge >= 0.3 is 0 Å². The first-order valence-electron chi connectivity index (χ1n) is 7.59. The molecule has 0 aromatic heterocycles. The summed E-state index contributed by atoms with van der Waals surface area (Å²) in [6, 6.07) is 0. The van der Waals surface area contributed by atoms with Gasteiger partial charge in [0.25, 0.3) is 0 Å². The molecule has 0 spiro atoms. The van der Waals surface area contributed by atoms with E-state index in [9.17, 15) is 0 Å². The summed E-state index contributed by atoms with van der Waals surface area (Å²) < 4.78 is 0. The van der Waals surface area contributed by atoms with Crippen molar-refractivity contribution in [3.8, 4) is 0 Å². The van der Waals surface area contributed by atoms with Gasteiger partial charge in [-0.05, 0) is 50.5 Å². The topological polar surface area (TPSA) is 12.0 Å². The maximum Gasteiger partial charge on any atom is 0.00680 e. The molecule has 1 N–H and O–H groups in total. The Hall–Kier alpha value is -0.300. The molecule has 2 rings (SSSR count). The molecule has 1 heteroatoms. The minimum Gasteiger partial charge on any atom is -0.316 e. The minimum atomic E-state index is 0.573. The van der Waals surface area contributed by atoms with Crippen LogP contribution in [0.2, 0.25) is 0 Å². The van der Waals surface area contributed by atoms with Crippen LogP contribution in [0.25, 0.3) is 0 Å². The van der Waals surface area contributed by atoms with Gasteiger partial charge in [-0.15, -0.1) is 0 Å². The Kier molecular flexibility index (Phi) is 4.30. The quantitative estimate of drug-likeness (QED) is 0.682. The van der Waals surface area contributed by atoms with Gasteiger partial charge in [-0.1, -0.05) is 38.8 Å². The predicted octanol–water partition coefficient (Wildman–Crippen LogP) is 4.15. The van der Waals surface area contributed by atoms with Crippen molar-refractivity contribution < 1.29 is 0 Å². The summed E-state index contributed by atoms with van der Waals surface area (Å²) in [5.74, 6) is 1.73. The molecule has 0 heterocycles. The fourth-order valence-corrected chi connectivity index (χ4v) is 3.51. The summed E-state index contributed by atoms with van der Waals surface area (Å²) in [6.45, 7) is 9.35. The fraction of sp³-hybridized carbons (Fsp3) is 0.875. The zero-order valence-corrected chi connectivity index (χ0v) is 11.9. The van der Waals surface area contributed by atoms with Gasteiger partial charge in [0.1, 0.15) is 0 Å². The van der Waals surface area contributed by atoms with Crippen LogP contribution < -0.4 is 5.32 Å². The van der Waals surface area contributed by atoms with Crippen LogP contribution >= 0.6 is 0 Å². The summed E-state index contributed by atoms with van der Waals surface area (Å²) in [6.07, 6.45) is 10.9. The molecule has 2 atom stereocenters. The lowest BCUT2D eigenvalue weighted by atomic mass is 9.84. The minimum absolute atomic E-state index is 0.573. The number of allylic oxidation sites excluding steroid dienone is 1. The standard InChI is InChI=1S/C16H29N/c1-4-14-10-16(14,12-17-11-13(2)3)15-8-6-5-7-9-15/h8,13-14,17H,4-7,9-12H2,1-3H3. The van der Waals surface area contributed by atoms with Gasteiger partial charge in [0.05, 0.1) is 0 Å². The molecule has 0 aliphatic heterocycles. The third-order valence-electron chi connectivity index (χ3n) is 4.65. The van der Waals surface area contributed by atoms with Crippen molar-refractivity contribution in [2.75, 3.05) is 13.1 Å². The molecule has 2 unspecified atom stereocenters. The highest BCUT2D eigenvalue weighted by molar-refractivity contribution is 5.27. The van der Waals surface area contributed by atoms with E-state index in [1.54, 1.807) is 5.57 Å². The van der Waals surface area contributed by atoms with Crippen LogP contribution in [0.3, 0.4) is 0 Å². The molecule has 0 radical (unpaired) electrons. The number of nitrogens with one attached hydrogen (secondary N) is 1. The summed E-state index contributed by atoms with van der Waals surface area (Å²) in [4.78, 5) is 0. The Bertz CT molecular complexity index is 279. The maximum atomic E-state index is 3.71. The van der Waals surface area contributed by atoms with Crippen LogP contribution in [0.4, 0.5) is 0 Å². The van der Waals surface area contributed by atoms with Gasteiger partial charge in [-0.25, -0.2) is 0 Å². The first-order valence-corrected chi connectivity index (χ1v) is 7.59. The van der Waals surface area contributed by atoms with E-state index in [2.05, 4.69) is 32.2 Å². The third-order valence-corrected chi connectivity index (χ3v) is 4.65. The summed E-state index contributed by atoms with van der Waals surface area (Å²) >= 11 is 0. The van der Waals surface area contributed by atoms with E-state index in [1.165, 1.54) is 51.6 Å². The van der Waals surface area contributed by atoms with Crippen molar-refractivity contribution in [1.82, 2.24) is 5.32 Å². The molecule has 1 nitrogen and oxygen atoms in total. The molecule has 1 fully saturated rings. The molecule has 98 valence electrons. The van der Waals surface area contributed by atoms with Gasteiger partial charge in [-0.2, -0.15) is 0 Å². The van der Waals surface area contributed by atoms with E-state index >= 15 is 0 Å². The average molecular weight is 235 g/mol. The Morgan fingerprint density at radius 2 is 2.24 bits per heavy atom. The smallest absolute Gasteiger partial charge is 0.00680 e. The van der Waals surface area contributed by atoms with Gasteiger partial charge < -0.3 is 5.32 Å². The molecule has 1 saturated carbocycles. The summed E-state index contributed by atoms with van der Waals surface area (Å²) in [7, 11) is 0. The van der Waals surface area contributed by atoms with Crippen molar-refractivity contribution in [2.24, 2.45) is 17.3 Å². The fourth-order valence-electron chi connectivity index (χ4n) is 3.51. The van der Waals surface area contributed by atoms with Crippen molar-refractivity contribution in [3.05, 3.63) is 11.6 Å². The zero-order valence-electron chi connectivity index (χ0n) is 11.9. The van der Waals surface area contributed by atoms with E-state index in [-0.39, 0.29) is 0 Å². The molecule has 2 aliphatic carbocycles. The van der Waals surface area contributed by atoms with E-state index in [4.69, 9.17) is 0 Å². The number of rotatable bonds is 6. The van der Waals surface area contributed by atoms with Crippen LogP contribution in [0, 0.1) is 17.3 Å². The normalized spacial score (nSPS) is 32.7. The molecule has 0 aromatic rings. The lowest BCUT2D eigenvalue weighted by Gasteiger charge is -2.25. The highest BCUT2D eigenvalue weighted by Gasteiger charge is 2.54. The third kappa shape index (κ3) is 2.93. The zero-order chi connectivity index (χ0) is 12.3. The SMILES string of the molecule is CCC1CC1(CNCC(C)C)C1=CCCCC1. The Labute approximate surface area is 107 Å². The van der Waals surface area contributed by atoms with E-state index in [0.29, 0.717) is 5.41 Å². The van der Waals surface area contributed by atoms with E-state index < -0.39 is 0 Å². The second-order valence-electron chi connectivity index (χ2n) is 6.47. The van der Waals surface area contributed by atoms with Crippen LogP contribution in [0.1, 0.15) is 59.3 Å². The molecule has 2 aliphatic rings. The van der Waals surface area contributed by atoms with Gasteiger partial charge in [0.2, 0.25) is 0 Å². The second kappa shape index (κ2) is 5.56. The van der Waals surface area contributed by atoms with Crippen LogP contribution in [-0.4, -0.2) is 13.1 Å². The van der Waals surface area contributed by atoms with Crippen LogP contribution in [0.15, 0.2) is 11.6 Å². The highest BCUT2D eigenvalue weighted by Crippen LogP contribution is 2.60. The summed E-state index contributed by atoms with van der Waals surface area (Å²) in [5.41, 5.74) is 2.37. The average Bonchev–Trinajstić information content (AvgIpc) is 3.05. The van der Waals surface area contributed by atoms with Crippen LogP contribution in [-0.2, 0) is 0 Å². The maximum absolute atomic E-state index is 3.71. The largest absolute Gasteiger partial charge is 0.316 e. The molecular formula is C16H29N. The second-order valence-corrected chi connectivity index (χ2v) is 6.47. The number of hydrogen-bond acceptors (Lipinski definition) is 1. The van der Waals surface area contributed by atoms with E-state index in [0.717, 1.165) is 11.8 Å². The molecule has 0 amide bonds. The number of hydrogen-bond donors (Lipinski definition) is 1. The van der Waals surface area contributed by atoms with Crippen LogP contribution in [0.5, 0.6) is 0 Å². The highest BCUT2D eigenvalue weighted by atomic mass is 14.9. The lowest BCUT2D eigenvalue weighted by Crippen LogP contribution is -2.30. The lowest BCUT2D eigenvalue weighted by molar-refractivity contribution is 0.426.